The van der Waals surface area contributed by atoms with E-state index in [4.69, 9.17) is 5.73 Å². The Morgan fingerprint density at radius 1 is 0.929 bits per heavy atom. The molecule has 2 heterocycles. The van der Waals surface area contributed by atoms with Gasteiger partial charge < -0.3 is 11.1 Å². The van der Waals surface area contributed by atoms with Gasteiger partial charge in [0.15, 0.2) is 0 Å². The Labute approximate surface area is 164 Å². The van der Waals surface area contributed by atoms with Crippen molar-refractivity contribution in [2.45, 2.75) is 13.0 Å². The van der Waals surface area contributed by atoms with Gasteiger partial charge in [0.2, 0.25) is 0 Å². The summed E-state index contributed by atoms with van der Waals surface area (Å²) in [6.07, 6.45) is 0. The van der Waals surface area contributed by atoms with Crippen LogP contribution in [0.1, 0.15) is 22.9 Å². The normalized spacial score (nSPS) is 11.0. The highest BCUT2D eigenvalue weighted by atomic mass is 15.4. The molecule has 0 aliphatic carbocycles. The molecule has 4 aromatic rings. The number of pyridine rings is 1. The predicted molar refractivity (Wildman–Crippen MR) is 112 cm³/mol. The largest absolute Gasteiger partial charge is 0.384 e. The molecule has 0 spiro atoms. The molecule has 28 heavy (non-hydrogen) atoms. The molecule has 0 bridgehead atoms. The van der Waals surface area contributed by atoms with Crippen LogP contribution in [0.4, 0.5) is 11.6 Å². The van der Waals surface area contributed by atoms with E-state index in [9.17, 15) is 0 Å². The quantitative estimate of drug-likeness (QED) is 0.555. The Balaban J connectivity index is 1.75. The monoisotopic (exact) mass is 370 g/mol. The van der Waals surface area contributed by atoms with E-state index >= 15 is 0 Å². The van der Waals surface area contributed by atoms with Crippen LogP contribution in [0.2, 0.25) is 0 Å². The Morgan fingerprint density at radius 3 is 2.07 bits per heavy atom. The van der Waals surface area contributed by atoms with Gasteiger partial charge in [0, 0.05) is 12.6 Å². The molecule has 0 fully saturated rings. The van der Waals surface area contributed by atoms with Crippen LogP contribution in [0.5, 0.6) is 0 Å². The van der Waals surface area contributed by atoms with Crippen LogP contribution in [-0.4, -0.2) is 20.0 Å². The first-order valence-electron chi connectivity index (χ1n) is 9.12. The minimum absolute atomic E-state index is 0.0460. The smallest absolute Gasteiger partial charge is 0.129 e. The minimum atomic E-state index is -0.0460. The summed E-state index contributed by atoms with van der Waals surface area (Å²) in [6.45, 7) is 1.93. The molecule has 0 saturated heterocycles. The third-order valence-corrected chi connectivity index (χ3v) is 4.67. The first-order valence-corrected chi connectivity index (χ1v) is 9.12. The average molecular weight is 370 g/mol. The Morgan fingerprint density at radius 2 is 1.54 bits per heavy atom. The van der Waals surface area contributed by atoms with Gasteiger partial charge >= 0.3 is 0 Å². The van der Waals surface area contributed by atoms with E-state index in [1.807, 2.05) is 62.5 Å². The Hall–Kier alpha value is -3.67. The lowest BCUT2D eigenvalue weighted by molar-refractivity contribution is 0.719. The molecule has 0 amide bonds. The molecule has 0 saturated carbocycles. The second-order valence-corrected chi connectivity index (χ2v) is 6.71. The number of hydrogen-bond acceptors (Lipinski definition) is 5. The van der Waals surface area contributed by atoms with E-state index < -0.39 is 0 Å². The average Bonchev–Trinajstić information content (AvgIpc) is 3.05. The van der Waals surface area contributed by atoms with Crippen molar-refractivity contribution in [1.82, 2.24) is 20.0 Å². The van der Waals surface area contributed by atoms with Gasteiger partial charge in [-0.3, -0.25) is 0 Å². The van der Waals surface area contributed by atoms with Gasteiger partial charge in [0.05, 0.1) is 17.4 Å². The Bertz CT molecular complexity index is 1010. The van der Waals surface area contributed by atoms with Crippen molar-refractivity contribution in [1.29, 1.82) is 0 Å². The van der Waals surface area contributed by atoms with E-state index in [0.29, 0.717) is 11.6 Å². The van der Waals surface area contributed by atoms with Crippen molar-refractivity contribution >= 4 is 11.6 Å². The molecular formula is C22H22N6. The molecule has 6 nitrogen and oxygen atoms in total. The van der Waals surface area contributed by atoms with Gasteiger partial charge in [-0.15, -0.1) is 5.10 Å². The van der Waals surface area contributed by atoms with Gasteiger partial charge in [-0.25, -0.2) is 9.67 Å². The molecule has 140 valence electrons. The molecule has 0 aliphatic heterocycles. The summed E-state index contributed by atoms with van der Waals surface area (Å²) in [4.78, 5) is 4.51. The summed E-state index contributed by atoms with van der Waals surface area (Å²) >= 11 is 0. The highest BCUT2D eigenvalue weighted by Gasteiger charge is 2.16. The first kappa shape index (κ1) is 17.7. The van der Waals surface area contributed by atoms with Gasteiger partial charge in [0.1, 0.15) is 11.6 Å². The topological polar surface area (TPSA) is 81.7 Å². The van der Waals surface area contributed by atoms with Crippen molar-refractivity contribution in [3.05, 3.63) is 89.6 Å². The summed E-state index contributed by atoms with van der Waals surface area (Å²) in [5, 5.41) is 11.8. The van der Waals surface area contributed by atoms with Crippen molar-refractivity contribution < 1.29 is 0 Å². The van der Waals surface area contributed by atoms with Crippen LogP contribution in [-0.2, 0) is 7.05 Å². The van der Waals surface area contributed by atoms with Crippen LogP contribution in [0.15, 0.2) is 72.8 Å². The first-order chi connectivity index (χ1) is 13.6. The summed E-state index contributed by atoms with van der Waals surface area (Å²) in [7, 11) is 1.87. The van der Waals surface area contributed by atoms with Crippen LogP contribution < -0.4 is 11.1 Å². The van der Waals surface area contributed by atoms with Gasteiger partial charge in [0.25, 0.3) is 0 Å². The fourth-order valence-electron chi connectivity index (χ4n) is 3.42. The Kier molecular flexibility index (Phi) is 4.76. The van der Waals surface area contributed by atoms with E-state index in [-0.39, 0.29) is 6.04 Å². The minimum Gasteiger partial charge on any atom is -0.384 e. The summed E-state index contributed by atoms with van der Waals surface area (Å²) < 4.78 is 1.75. The van der Waals surface area contributed by atoms with Crippen molar-refractivity contribution in [2.75, 3.05) is 11.1 Å². The number of nitrogens with zero attached hydrogens (tertiary/aromatic N) is 4. The number of aryl methyl sites for hydroxylation is 2. The van der Waals surface area contributed by atoms with Gasteiger partial charge in [-0.05, 0) is 30.2 Å². The number of hydrogen-bond donors (Lipinski definition) is 2. The highest BCUT2D eigenvalue weighted by Crippen LogP contribution is 2.30. The maximum absolute atomic E-state index is 6.12. The van der Waals surface area contributed by atoms with Crippen LogP contribution in [0, 0.1) is 6.92 Å². The molecule has 0 aliphatic rings. The highest BCUT2D eigenvalue weighted by molar-refractivity contribution is 5.69. The number of nitrogens with one attached hydrogen (secondary N) is 1. The summed E-state index contributed by atoms with van der Waals surface area (Å²) in [6, 6.07) is 24.4. The van der Waals surface area contributed by atoms with Crippen LogP contribution in [0.25, 0.3) is 11.3 Å². The summed E-state index contributed by atoms with van der Waals surface area (Å²) in [5.74, 6) is 1.15. The van der Waals surface area contributed by atoms with Crippen molar-refractivity contribution in [3.8, 4) is 11.3 Å². The van der Waals surface area contributed by atoms with E-state index in [2.05, 4.69) is 44.9 Å². The predicted octanol–water partition coefficient (Wildman–Crippen LogP) is 3.97. The SMILES string of the molecule is Cc1nnn(C)c1-c1cc(N)nc(NC(c2ccccc2)c2ccccc2)c1. The lowest BCUT2D eigenvalue weighted by Crippen LogP contribution is -2.14. The number of nitrogen functional groups attached to an aromatic ring is 1. The summed E-state index contributed by atoms with van der Waals surface area (Å²) in [5.41, 5.74) is 11.1. The molecule has 2 aromatic heterocycles. The third kappa shape index (κ3) is 3.57. The molecule has 0 unspecified atom stereocenters. The standard InChI is InChI=1S/C22H22N6/c1-15-22(28(2)27-26-15)18-13-19(23)24-20(14-18)25-21(16-9-5-3-6-10-16)17-11-7-4-8-12-17/h3-14,21H,1-2H3,(H3,23,24,25). The van der Waals surface area contributed by atoms with E-state index in [1.54, 1.807) is 4.68 Å². The lowest BCUT2D eigenvalue weighted by Gasteiger charge is -2.21. The van der Waals surface area contributed by atoms with Crippen molar-refractivity contribution in [2.24, 2.45) is 7.05 Å². The second-order valence-electron chi connectivity index (χ2n) is 6.71. The molecule has 6 heteroatoms. The maximum atomic E-state index is 6.12. The van der Waals surface area contributed by atoms with Gasteiger partial charge in [-0.2, -0.15) is 0 Å². The molecule has 3 N–H and O–H groups in total. The van der Waals surface area contributed by atoms with Crippen LogP contribution >= 0.6 is 0 Å². The van der Waals surface area contributed by atoms with E-state index in [0.717, 1.165) is 28.1 Å². The van der Waals surface area contributed by atoms with E-state index in [1.165, 1.54) is 0 Å². The molecule has 0 radical (unpaired) electrons. The lowest BCUT2D eigenvalue weighted by atomic mass is 9.98. The molecule has 4 rings (SSSR count). The van der Waals surface area contributed by atoms with Crippen LogP contribution in [0.3, 0.4) is 0 Å². The fourth-order valence-corrected chi connectivity index (χ4v) is 3.42. The zero-order chi connectivity index (χ0) is 19.5. The third-order valence-electron chi connectivity index (χ3n) is 4.67. The number of benzene rings is 2. The zero-order valence-corrected chi connectivity index (χ0v) is 15.9. The molecule has 0 atom stereocenters. The fraction of sp³-hybridized carbons (Fsp3) is 0.136. The maximum Gasteiger partial charge on any atom is 0.129 e. The second kappa shape index (κ2) is 7.52. The number of rotatable bonds is 5. The number of anilines is 2. The molecular weight excluding hydrogens is 348 g/mol. The van der Waals surface area contributed by atoms with Gasteiger partial charge in [-0.1, -0.05) is 65.9 Å². The van der Waals surface area contributed by atoms with Crippen molar-refractivity contribution in [3.63, 3.8) is 0 Å². The number of nitrogens with two attached hydrogens (primary N) is 1. The zero-order valence-electron chi connectivity index (χ0n) is 15.9. The molecule has 2 aromatic carbocycles. The number of aromatic nitrogens is 4.